The summed E-state index contributed by atoms with van der Waals surface area (Å²) in [7, 11) is 1.58. The highest BCUT2D eigenvalue weighted by atomic mass is 16.5. The zero-order valence-corrected chi connectivity index (χ0v) is 12.4. The van der Waals surface area contributed by atoms with Crippen LogP contribution in [-0.4, -0.2) is 24.2 Å². The van der Waals surface area contributed by atoms with Gasteiger partial charge >= 0.3 is 0 Å². The van der Waals surface area contributed by atoms with Crippen LogP contribution < -0.4 is 15.8 Å². The fraction of sp³-hybridized carbons (Fsp3) is 0.562. The molecule has 2 saturated carbocycles. The molecule has 0 bridgehead atoms. The van der Waals surface area contributed by atoms with Crippen molar-refractivity contribution in [3.63, 3.8) is 0 Å². The lowest BCUT2D eigenvalue weighted by Gasteiger charge is -2.18. The van der Waals surface area contributed by atoms with Gasteiger partial charge in [-0.2, -0.15) is 0 Å². The van der Waals surface area contributed by atoms with Gasteiger partial charge in [0.05, 0.1) is 12.7 Å². The summed E-state index contributed by atoms with van der Waals surface area (Å²) in [5, 5.41) is 15.6. The second-order valence-electron chi connectivity index (χ2n) is 6.10. The van der Waals surface area contributed by atoms with Crippen molar-refractivity contribution in [1.82, 2.24) is 5.32 Å². The van der Waals surface area contributed by atoms with E-state index in [2.05, 4.69) is 10.5 Å². The van der Waals surface area contributed by atoms with E-state index in [1.165, 1.54) is 25.7 Å². The van der Waals surface area contributed by atoms with Crippen LogP contribution in [0.2, 0.25) is 0 Å². The first-order valence-electron chi connectivity index (χ1n) is 7.61. The maximum atomic E-state index is 8.87. The molecule has 0 heterocycles. The average Bonchev–Trinajstić information content (AvgIpc) is 3.38. The summed E-state index contributed by atoms with van der Waals surface area (Å²) in [5.41, 5.74) is 7.47. The Morgan fingerprint density at radius 1 is 1.38 bits per heavy atom. The van der Waals surface area contributed by atoms with Gasteiger partial charge in [-0.3, -0.25) is 0 Å². The predicted octanol–water partition coefficient (Wildman–Crippen LogP) is 2.07. The molecule has 0 saturated heterocycles. The van der Waals surface area contributed by atoms with E-state index >= 15 is 0 Å². The molecule has 2 aliphatic rings. The summed E-state index contributed by atoms with van der Waals surface area (Å²) in [5.74, 6) is 2.45. The van der Waals surface area contributed by atoms with Crippen molar-refractivity contribution in [2.24, 2.45) is 22.7 Å². The minimum absolute atomic E-state index is 0.0784. The Hall–Kier alpha value is -1.75. The van der Waals surface area contributed by atoms with E-state index < -0.39 is 0 Å². The quantitative estimate of drug-likeness (QED) is 0.311. The van der Waals surface area contributed by atoms with Crippen LogP contribution in [0.15, 0.2) is 23.4 Å². The molecule has 5 nitrogen and oxygen atoms in total. The van der Waals surface area contributed by atoms with Crippen LogP contribution in [0, 0.1) is 11.8 Å². The van der Waals surface area contributed by atoms with Crippen LogP contribution in [0.1, 0.15) is 36.8 Å². The van der Waals surface area contributed by atoms with Gasteiger partial charge in [0.15, 0.2) is 5.84 Å². The zero-order chi connectivity index (χ0) is 14.8. The molecule has 21 heavy (non-hydrogen) atoms. The second-order valence-corrected chi connectivity index (χ2v) is 6.10. The Kier molecular flexibility index (Phi) is 4.01. The molecule has 4 N–H and O–H groups in total. The van der Waals surface area contributed by atoms with E-state index in [9.17, 15) is 0 Å². The number of benzene rings is 1. The molecule has 3 rings (SSSR count). The van der Waals surface area contributed by atoms with Crippen molar-refractivity contribution in [3.05, 3.63) is 29.3 Å². The lowest BCUT2D eigenvalue weighted by molar-refractivity contribution is 0.318. The number of oxime groups is 1. The van der Waals surface area contributed by atoms with Crippen LogP contribution >= 0.6 is 0 Å². The number of nitrogens with two attached hydrogens (primary N) is 1. The molecule has 0 spiro atoms. The highest BCUT2D eigenvalue weighted by Gasteiger charge is 2.40. The first-order valence-corrected chi connectivity index (χ1v) is 7.61. The van der Waals surface area contributed by atoms with Gasteiger partial charge in [-0.1, -0.05) is 11.2 Å². The normalized spacial score (nSPS) is 19.0. The van der Waals surface area contributed by atoms with E-state index in [1.54, 1.807) is 7.11 Å². The Balaban J connectivity index is 1.70. The topological polar surface area (TPSA) is 79.9 Å². The molecule has 114 valence electrons. The summed E-state index contributed by atoms with van der Waals surface area (Å²) in [4.78, 5) is 0. The van der Waals surface area contributed by atoms with Crippen LogP contribution in [0.3, 0.4) is 0 Å². The molecule has 0 aromatic heterocycles. The third-order valence-corrected chi connectivity index (χ3v) is 4.45. The molecule has 0 amide bonds. The van der Waals surface area contributed by atoms with Crippen molar-refractivity contribution >= 4 is 5.84 Å². The van der Waals surface area contributed by atoms with E-state index in [4.69, 9.17) is 15.7 Å². The molecule has 2 aliphatic carbocycles. The van der Waals surface area contributed by atoms with Gasteiger partial charge in [-0.25, -0.2) is 0 Å². The highest BCUT2D eigenvalue weighted by molar-refractivity contribution is 5.99. The van der Waals surface area contributed by atoms with E-state index in [0.717, 1.165) is 23.9 Å². The fourth-order valence-electron chi connectivity index (χ4n) is 2.98. The number of ether oxygens (including phenoxy) is 1. The van der Waals surface area contributed by atoms with Crippen LogP contribution in [0.4, 0.5) is 0 Å². The molecule has 1 aromatic carbocycles. The molecule has 2 fully saturated rings. The molecule has 0 unspecified atom stereocenters. The lowest BCUT2D eigenvalue weighted by Crippen LogP contribution is -2.32. The number of rotatable bonds is 7. The number of methoxy groups -OCH3 is 1. The number of nitrogens with one attached hydrogen (secondary N) is 1. The van der Waals surface area contributed by atoms with Crippen molar-refractivity contribution in [1.29, 1.82) is 0 Å². The lowest BCUT2D eigenvalue weighted by atomic mass is 10.1. The predicted molar refractivity (Wildman–Crippen MR) is 81.6 cm³/mol. The smallest absolute Gasteiger partial charge is 0.173 e. The van der Waals surface area contributed by atoms with Gasteiger partial charge in [0, 0.05) is 12.6 Å². The largest absolute Gasteiger partial charge is 0.496 e. The Labute approximate surface area is 125 Å². The fourth-order valence-corrected chi connectivity index (χ4v) is 2.98. The molecular weight excluding hydrogens is 266 g/mol. The average molecular weight is 289 g/mol. The Morgan fingerprint density at radius 3 is 2.57 bits per heavy atom. The third kappa shape index (κ3) is 3.29. The maximum absolute atomic E-state index is 8.87. The SMILES string of the molecule is COc1ccc(CNC(C2CC2)C2CC2)cc1C(N)=NO. The van der Waals surface area contributed by atoms with Gasteiger partial charge < -0.3 is 21.0 Å². The van der Waals surface area contributed by atoms with Crippen molar-refractivity contribution in [2.75, 3.05) is 7.11 Å². The Morgan fingerprint density at radius 2 is 2.05 bits per heavy atom. The van der Waals surface area contributed by atoms with Crippen molar-refractivity contribution in [3.8, 4) is 5.75 Å². The number of hydrogen-bond donors (Lipinski definition) is 3. The molecule has 0 radical (unpaired) electrons. The van der Waals surface area contributed by atoms with Crippen LogP contribution in [0.25, 0.3) is 0 Å². The van der Waals surface area contributed by atoms with E-state index in [-0.39, 0.29) is 5.84 Å². The van der Waals surface area contributed by atoms with Crippen molar-refractivity contribution < 1.29 is 9.94 Å². The summed E-state index contributed by atoms with van der Waals surface area (Å²) in [6.07, 6.45) is 5.47. The van der Waals surface area contributed by atoms with E-state index in [0.29, 0.717) is 17.4 Å². The van der Waals surface area contributed by atoms with Crippen LogP contribution in [-0.2, 0) is 6.54 Å². The minimum atomic E-state index is 0.0784. The third-order valence-electron chi connectivity index (χ3n) is 4.45. The second kappa shape index (κ2) is 5.93. The van der Waals surface area contributed by atoms with Crippen LogP contribution in [0.5, 0.6) is 5.75 Å². The molecular formula is C16H23N3O2. The van der Waals surface area contributed by atoms with Gasteiger partial charge in [0.25, 0.3) is 0 Å². The minimum Gasteiger partial charge on any atom is -0.496 e. The summed E-state index contributed by atoms with van der Waals surface area (Å²) < 4.78 is 5.25. The summed E-state index contributed by atoms with van der Waals surface area (Å²) in [6.45, 7) is 0.813. The standard InChI is InChI=1S/C16H23N3O2/c1-21-14-7-2-10(8-13(14)16(17)19-20)9-18-15(11-3-4-11)12-5-6-12/h2,7-8,11-12,15,18,20H,3-6,9H2,1H3,(H2,17,19). The molecule has 1 aromatic rings. The van der Waals surface area contributed by atoms with Crippen molar-refractivity contribution in [2.45, 2.75) is 38.3 Å². The Bertz CT molecular complexity index is 524. The van der Waals surface area contributed by atoms with Gasteiger partial charge in [-0.05, 0) is 55.2 Å². The molecule has 0 atom stereocenters. The first-order chi connectivity index (χ1) is 10.2. The maximum Gasteiger partial charge on any atom is 0.173 e. The van der Waals surface area contributed by atoms with E-state index in [1.807, 2.05) is 18.2 Å². The van der Waals surface area contributed by atoms with Gasteiger partial charge in [0.2, 0.25) is 0 Å². The monoisotopic (exact) mass is 289 g/mol. The molecule has 5 heteroatoms. The number of nitrogens with zero attached hydrogens (tertiary/aromatic N) is 1. The zero-order valence-electron chi connectivity index (χ0n) is 12.4. The number of amidine groups is 1. The summed E-state index contributed by atoms with van der Waals surface area (Å²) in [6, 6.07) is 6.49. The van der Waals surface area contributed by atoms with Gasteiger partial charge in [-0.15, -0.1) is 0 Å². The highest BCUT2D eigenvalue weighted by Crippen LogP contribution is 2.44. The van der Waals surface area contributed by atoms with Gasteiger partial charge in [0.1, 0.15) is 5.75 Å². The summed E-state index contributed by atoms with van der Waals surface area (Å²) >= 11 is 0. The molecule has 0 aliphatic heterocycles. The first kappa shape index (κ1) is 14.2. The number of hydrogen-bond acceptors (Lipinski definition) is 4.